The molecule has 2 atom stereocenters. The number of rotatable bonds is 6. The molecule has 21 heavy (non-hydrogen) atoms. The fraction of sp³-hybridized carbons (Fsp3) is 0.438. The summed E-state index contributed by atoms with van der Waals surface area (Å²) in [7, 11) is -0.877. The minimum absolute atomic E-state index is 0.00735. The molecule has 1 rings (SSSR count). The lowest BCUT2D eigenvalue weighted by atomic mass is 10.1. The van der Waals surface area contributed by atoms with Gasteiger partial charge in [-0.2, -0.15) is 0 Å². The van der Waals surface area contributed by atoms with E-state index in [9.17, 15) is 9.00 Å². The van der Waals surface area contributed by atoms with Crippen LogP contribution in [0, 0.1) is 11.8 Å². The van der Waals surface area contributed by atoms with E-state index in [1.165, 1.54) is 0 Å². The van der Waals surface area contributed by atoms with Crippen molar-refractivity contribution in [2.24, 2.45) is 0 Å². The van der Waals surface area contributed by atoms with E-state index in [0.29, 0.717) is 30.5 Å². The number of aliphatic hydroxyl groups excluding tert-OH is 1. The summed E-state index contributed by atoms with van der Waals surface area (Å²) in [5, 5.41) is 11.6. The molecule has 0 aliphatic heterocycles. The van der Waals surface area contributed by atoms with Gasteiger partial charge in [0, 0.05) is 40.8 Å². The molecule has 5 heteroatoms. The van der Waals surface area contributed by atoms with Crippen molar-refractivity contribution in [3.8, 4) is 11.8 Å². The van der Waals surface area contributed by atoms with Crippen LogP contribution >= 0.6 is 0 Å². The second kappa shape index (κ2) is 9.32. The first-order valence-electron chi connectivity index (χ1n) is 6.85. The summed E-state index contributed by atoms with van der Waals surface area (Å²) in [6, 6.07) is 7.11. The Kier molecular flexibility index (Phi) is 7.73. The number of aliphatic hydroxyl groups is 1. The van der Waals surface area contributed by atoms with Crippen molar-refractivity contribution in [2.45, 2.75) is 25.0 Å². The van der Waals surface area contributed by atoms with Crippen LogP contribution in [0.15, 0.2) is 24.3 Å². The highest BCUT2D eigenvalue weighted by molar-refractivity contribution is 7.84. The molecule has 2 unspecified atom stereocenters. The van der Waals surface area contributed by atoms with E-state index in [2.05, 4.69) is 17.2 Å². The Morgan fingerprint density at radius 2 is 2.14 bits per heavy atom. The van der Waals surface area contributed by atoms with E-state index in [1.807, 2.05) is 13.0 Å². The van der Waals surface area contributed by atoms with Gasteiger partial charge in [0.15, 0.2) is 0 Å². The van der Waals surface area contributed by atoms with Gasteiger partial charge in [0.25, 0.3) is 5.91 Å². The maximum atomic E-state index is 12.1. The summed E-state index contributed by atoms with van der Waals surface area (Å²) >= 11 is 0. The summed E-state index contributed by atoms with van der Waals surface area (Å²) in [6.45, 7) is 2.39. The molecule has 0 aliphatic carbocycles. The Morgan fingerprint density at radius 3 is 2.81 bits per heavy atom. The number of hydrogen-bond acceptors (Lipinski definition) is 3. The molecule has 114 valence electrons. The maximum Gasteiger partial charge on any atom is 0.252 e. The highest BCUT2D eigenvalue weighted by Crippen LogP contribution is 2.07. The molecule has 0 bridgehead atoms. The molecule has 0 radical (unpaired) electrons. The van der Waals surface area contributed by atoms with E-state index < -0.39 is 10.8 Å². The highest BCUT2D eigenvalue weighted by Gasteiger charge is 2.11. The van der Waals surface area contributed by atoms with Crippen molar-refractivity contribution in [1.29, 1.82) is 0 Å². The van der Waals surface area contributed by atoms with Crippen molar-refractivity contribution in [3.63, 3.8) is 0 Å². The van der Waals surface area contributed by atoms with E-state index in [-0.39, 0.29) is 17.8 Å². The van der Waals surface area contributed by atoms with Crippen LogP contribution in [0.1, 0.15) is 35.7 Å². The Hall–Kier alpha value is -1.64. The normalized spacial score (nSPS) is 12.9. The Bertz CT molecular complexity index is 560. The second-order valence-corrected chi connectivity index (χ2v) is 6.48. The van der Waals surface area contributed by atoms with Crippen LogP contribution in [0.3, 0.4) is 0 Å². The van der Waals surface area contributed by atoms with Gasteiger partial charge in [0.1, 0.15) is 0 Å². The summed E-state index contributed by atoms with van der Waals surface area (Å²) in [5.74, 6) is 5.53. The van der Waals surface area contributed by atoms with Crippen LogP contribution in [0.25, 0.3) is 0 Å². The van der Waals surface area contributed by atoms with Gasteiger partial charge >= 0.3 is 0 Å². The smallest absolute Gasteiger partial charge is 0.252 e. The first kappa shape index (κ1) is 17.4. The average Bonchev–Trinajstić information content (AvgIpc) is 2.47. The zero-order valence-electron chi connectivity index (χ0n) is 12.4. The number of carbonyl (C=O) groups is 1. The number of benzene rings is 1. The first-order valence-corrected chi connectivity index (χ1v) is 8.47. The zero-order chi connectivity index (χ0) is 15.7. The van der Waals surface area contributed by atoms with Gasteiger partial charge in [-0.25, -0.2) is 0 Å². The summed E-state index contributed by atoms with van der Waals surface area (Å²) < 4.78 is 11.2. The molecule has 0 saturated heterocycles. The van der Waals surface area contributed by atoms with Crippen molar-refractivity contribution in [2.75, 3.05) is 19.4 Å². The number of nitrogens with one attached hydrogen (secondary N) is 1. The monoisotopic (exact) mass is 307 g/mol. The Balaban J connectivity index is 2.66. The fourth-order valence-electron chi connectivity index (χ4n) is 1.65. The zero-order valence-corrected chi connectivity index (χ0v) is 13.2. The quantitative estimate of drug-likeness (QED) is 0.779. The molecule has 0 spiro atoms. The highest BCUT2D eigenvalue weighted by atomic mass is 32.2. The third-order valence-electron chi connectivity index (χ3n) is 3.03. The molecule has 0 aliphatic rings. The molecule has 1 amide bonds. The average molecular weight is 307 g/mol. The molecular weight excluding hydrogens is 286 g/mol. The van der Waals surface area contributed by atoms with Gasteiger partial charge in [-0.3, -0.25) is 9.00 Å². The van der Waals surface area contributed by atoms with Gasteiger partial charge in [-0.05, 0) is 18.6 Å². The lowest BCUT2D eigenvalue weighted by Crippen LogP contribution is -2.28. The Morgan fingerprint density at radius 1 is 1.43 bits per heavy atom. The minimum Gasteiger partial charge on any atom is -0.395 e. The molecule has 2 N–H and O–H groups in total. The standard InChI is InChI=1S/C16H21NO3S/c1-13(21(2)20)10-11-17-16(19)15-9-4-3-7-14(15)8-5-6-12-18/h3-4,7,9,13,18H,6,10-12H2,1-2H3,(H,17,19). The van der Waals surface area contributed by atoms with Crippen LogP contribution < -0.4 is 5.32 Å². The van der Waals surface area contributed by atoms with Crippen LogP contribution in [-0.4, -0.2) is 39.9 Å². The van der Waals surface area contributed by atoms with Crippen LogP contribution in [0.5, 0.6) is 0 Å². The number of carbonyl (C=O) groups excluding carboxylic acids is 1. The molecule has 0 fully saturated rings. The fourth-order valence-corrected chi connectivity index (χ4v) is 2.10. The molecule has 0 aromatic heterocycles. The summed E-state index contributed by atoms with van der Waals surface area (Å²) in [6.07, 6.45) is 2.72. The van der Waals surface area contributed by atoms with Gasteiger partial charge < -0.3 is 10.4 Å². The number of amides is 1. The number of hydrogen-bond donors (Lipinski definition) is 2. The summed E-state index contributed by atoms with van der Waals surface area (Å²) in [4.78, 5) is 12.1. The Labute approximate surface area is 128 Å². The lowest BCUT2D eigenvalue weighted by Gasteiger charge is -2.10. The molecular formula is C16H21NO3S. The van der Waals surface area contributed by atoms with Crippen molar-refractivity contribution < 1.29 is 14.1 Å². The molecule has 1 aromatic carbocycles. The van der Waals surface area contributed by atoms with E-state index >= 15 is 0 Å². The van der Waals surface area contributed by atoms with Crippen molar-refractivity contribution >= 4 is 16.7 Å². The maximum absolute atomic E-state index is 12.1. The van der Waals surface area contributed by atoms with Gasteiger partial charge in [0.05, 0.1) is 12.2 Å². The largest absolute Gasteiger partial charge is 0.395 e. The third-order valence-corrected chi connectivity index (χ3v) is 4.40. The van der Waals surface area contributed by atoms with Crippen molar-refractivity contribution in [3.05, 3.63) is 35.4 Å². The molecule has 0 saturated carbocycles. The lowest BCUT2D eigenvalue weighted by molar-refractivity contribution is 0.0953. The van der Waals surface area contributed by atoms with E-state index in [0.717, 1.165) is 0 Å². The molecule has 0 heterocycles. The third kappa shape index (κ3) is 6.11. The first-order chi connectivity index (χ1) is 10.1. The summed E-state index contributed by atoms with van der Waals surface area (Å²) in [5.41, 5.74) is 1.17. The molecule has 4 nitrogen and oxygen atoms in total. The van der Waals surface area contributed by atoms with Crippen LogP contribution in [-0.2, 0) is 10.8 Å². The molecule has 1 aromatic rings. The predicted octanol–water partition coefficient (Wildman–Crippen LogP) is 1.31. The second-order valence-electron chi connectivity index (χ2n) is 4.67. The van der Waals surface area contributed by atoms with E-state index in [1.54, 1.807) is 24.5 Å². The van der Waals surface area contributed by atoms with Gasteiger partial charge in [0.2, 0.25) is 0 Å². The van der Waals surface area contributed by atoms with Crippen molar-refractivity contribution in [1.82, 2.24) is 5.32 Å². The van der Waals surface area contributed by atoms with Crippen LogP contribution in [0.4, 0.5) is 0 Å². The minimum atomic E-state index is -0.877. The SMILES string of the molecule is CC(CCNC(=O)c1ccccc1C#CCCO)S(C)=O. The predicted molar refractivity (Wildman–Crippen MR) is 85.5 cm³/mol. The topological polar surface area (TPSA) is 66.4 Å². The van der Waals surface area contributed by atoms with E-state index in [4.69, 9.17) is 5.11 Å². The van der Waals surface area contributed by atoms with Crippen LogP contribution in [0.2, 0.25) is 0 Å². The van der Waals surface area contributed by atoms with Gasteiger partial charge in [-0.15, -0.1) is 0 Å². The van der Waals surface area contributed by atoms with Gasteiger partial charge in [-0.1, -0.05) is 30.9 Å².